The van der Waals surface area contributed by atoms with Gasteiger partial charge in [-0.1, -0.05) is 0 Å². The summed E-state index contributed by atoms with van der Waals surface area (Å²) in [6.45, 7) is 9.81. The van der Waals surface area contributed by atoms with Crippen LogP contribution in [0.4, 0.5) is 4.79 Å². The van der Waals surface area contributed by atoms with Crippen molar-refractivity contribution in [2.45, 2.75) is 44.9 Å². The molecule has 0 spiro atoms. The van der Waals surface area contributed by atoms with E-state index in [9.17, 15) is 9.90 Å². The van der Waals surface area contributed by atoms with E-state index in [1.807, 2.05) is 20.8 Å². The molecule has 1 rings (SSSR count). The average Bonchev–Trinajstić information content (AvgIpc) is 3.05. The first-order valence-corrected chi connectivity index (χ1v) is 9.81. The molecule has 1 heterocycles. The van der Waals surface area contributed by atoms with E-state index in [0.717, 1.165) is 0 Å². The molecule has 9 heteroatoms. The fourth-order valence-electron chi connectivity index (χ4n) is 2.67. The fraction of sp³-hybridized carbons (Fsp3) is 0.947. The zero-order chi connectivity index (χ0) is 20.8. The highest BCUT2D eigenvalue weighted by Crippen LogP contribution is 2.22. The van der Waals surface area contributed by atoms with Crippen LogP contribution in [0.5, 0.6) is 0 Å². The van der Waals surface area contributed by atoms with Crippen LogP contribution in [0.1, 0.15) is 27.2 Å². The minimum atomic E-state index is -0.567. The van der Waals surface area contributed by atoms with Gasteiger partial charge in [-0.25, -0.2) is 4.79 Å². The van der Waals surface area contributed by atoms with E-state index in [1.165, 1.54) is 0 Å². The first-order valence-electron chi connectivity index (χ1n) is 9.81. The minimum Gasteiger partial charge on any atom is -0.444 e. The zero-order valence-corrected chi connectivity index (χ0v) is 17.7. The second kappa shape index (κ2) is 14.1. The smallest absolute Gasteiger partial charge is 0.410 e. The van der Waals surface area contributed by atoms with Crippen molar-refractivity contribution in [1.82, 2.24) is 4.90 Å². The highest BCUT2D eigenvalue weighted by Gasteiger charge is 2.37. The molecule has 0 aromatic rings. The van der Waals surface area contributed by atoms with Crippen LogP contribution in [-0.2, 0) is 28.4 Å². The van der Waals surface area contributed by atoms with Crippen LogP contribution >= 0.6 is 0 Å². The van der Waals surface area contributed by atoms with E-state index in [4.69, 9.17) is 28.4 Å². The van der Waals surface area contributed by atoms with Crippen molar-refractivity contribution in [2.24, 2.45) is 0 Å². The number of amides is 1. The topological polar surface area (TPSA) is 95.9 Å². The molecule has 1 amide bonds. The van der Waals surface area contributed by atoms with Gasteiger partial charge in [0.2, 0.25) is 0 Å². The molecule has 1 aliphatic heterocycles. The maximum absolute atomic E-state index is 12.2. The molecule has 0 radical (unpaired) electrons. The maximum Gasteiger partial charge on any atom is 0.410 e. The first-order chi connectivity index (χ1) is 13.4. The summed E-state index contributed by atoms with van der Waals surface area (Å²) in [4.78, 5) is 13.8. The molecule has 1 saturated heterocycles. The Morgan fingerprint density at radius 2 is 1.50 bits per heavy atom. The highest BCUT2D eigenvalue weighted by atomic mass is 16.6. The molecule has 2 atom stereocenters. The molecule has 0 aromatic heterocycles. The Kier molecular flexibility index (Phi) is 12.6. The third-order valence-corrected chi connectivity index (χ3v) is 3.97. The van der Waals surface area contributed by atoms with Gasteiger partial charge < -0.3 is 38.4 Å². The van der Waals surface area contributed by atoms with Gasteiger partial charge in [-0.05, 0) is 27.2 Å². The van der Waals surface area contributed by atoms with Crippen molar-refractivity contribution in [2.75, 3.05) is 73.1 Å². The van der Waals surface area contributed by atoms with Crippen molar-refractivity contribution in [3.8, 4) is 0 Å². The minimum absolute atomic E-state index is 0.109. The van der Waals surface area contributed by atoms with Crippen LogP contribution in [-0.4, -0.2) is 107 Å². The summed E-state index contributed by atoms with van der Waals surface area (Å²) in [5, 5.41) is 9.52. The molecule has 1 fully saturated rings. The monoisotopic (exact) mass is 407 g/mol. The van der Waals surface area contributed by atoms with Gasteiger partial charge in [-0.15, -0.1) is 0 Å². The molecular weight excluding hydrogens is 370 g/mol. The molecule has 0 aliphatic carbocycles. The summed E-state index contributed by atoms with van der Waals surface area (Å²) in [6, 6.07) is -0.278. The van der Waals surface area contributed by atoms with Crippen molar-refractivity contribution < 1.29 is 38.3 Å². The molecule has 0 bridgehead atoms. The lowest BCUT2D eigenvalue weighted by Gasteiger charge is -2.27. The zero-order valence-electron chi connectivity index (χ0n) is 17.7. The quantitative estimate of drug-likeness (QED) is 0.427. The number of hydrogen-bond acceptors (Lipinski definition) is 8. The van der Waals surface area contributed by atoms with Gasteiger partial charge >= 0.3 is 6.09 Å². The molecule has 0 aromatic carbocycles. The summed E-state index contributed by atoms with van der Waals surface area (Å²) in [6.07, 6.45) is 0.0353. The van der Waals surface area contributed by atoms with Crippen molar-refractivity contribution in [3.63, 3.8) is 0 Å². The van der Waals surface area contributed by atoms with Gasteiger partial charge in [0.25, 0.3) is 0 Å². The highest BCUT2D eigenvalue weighted by molar-refractivity contribution is 5.69. The number of aliphatic hydroxyl groups is 1. The largest absolute Gasteiger partial charge is 0.444 e. The van der Waals surface area contributed by atoms with Crippen LogP contribution in [0.15, 0.2) is 0 Å². The van der Waals surface area contributed by atoms with E-state index in [1.54, 1.807) is 12.0 Å². The lowest BCUT2D eigenvalue weighted by atomic mass is 10.2. The number of aliphatic hydroxyl groups excluding tert-OH is 1. The Hall–Kier alpha value is -0.970. The number of hydrogen-bond donors (Lipinski definition) is 1. The maximum atomic E-state index is 12.2. The van der Waals surface area contributed by atoms with E-state index >= 15 is 0 Å². The van der Waals surface area contributed by atoms with Crippen LogP contribution in [0.3, 0.4) is 0 Å². The number of carbonyl (C=O) groups is 1. The summed E-state index contributed by atoms with van der Waals surface area (Å²) in [7, 11) is 1.63. The normalized spacial score (nSPS) is 20.0. The number of methoxy groups -OCH3 is 1. The summed E-state index contributed by atoms with van der Waals surface area (Å²) in [5.41, 5.74) is -0.567. The van der Waals surface area contributed by atoms with Crippen molar-refractivity contribution in [3.05, 3.63) is 0 Å². The van der Waals surface area contributed by atoms with E-state index in [0.29, 0.717) is 65.8 Å². The standard InChI is InChI=1S/C19H37NO8/c1-19(2,3)28-18(22)20-14-17(13-16(20)15-21)27-12-11-26-10-9-25-8-7-24-6-5-23-4/h16-17,21H,5-15H2,1-4H3/t16-,17+/m0/s1. The van der Waals surface area contributed by atoms with Crippen LogP contribution in [0.2, 0.25) is 0 Å². The Morgan fingerprint density at radius 1 is 0.964 bits per heavy atom. The third-order valence-electron chi connectivity index (χ3n) is 3.97. The molecular formula is C19H37NO8. The van der Waals surface area contributed by atoms with Gasteiger partial charge in [-0.2, -0.15) is 0 Å². The van der Waals surface area contributed by atoms with Gasteiger partial charge in [0.15, 0.2) is 0 Å². The number of carbonyl (C=O) groups excluding carboxylic acids is 1. The first kappa shape index (κ1) is 25.1. The molecule has 166 valence electrons. The summed E-state index contributed by atoms with van der Waals surface area (Å²) < 4.78 is 32.2. The van der Waals surface area contributed by atoms with Crippen LogP contribution in [0, 0.1) is 0 Å². The number of likely N-dealkylation sites (tertiary alicyclic amines) is 1. The fourth-order valence-corrected chi connectivity index (χ4v) is 2.67. The molecule has 0 saturated carbocycles. The van der Waals surface area contributed by atoms with Crippen LogP contribution in [0.25, 0.3) is 0 Å². The van der Waals surface area contributed by atoms with Gasteiger partial charge in [0, 0.05) is 7.11 Å². The average molecular weight is 408 g/mol. The molecule has 1 N–H and O–H groups in total. The SMILES string of the molecule is COCCOCCOCCOCCO[C@@H]1C[C@@H](CO)N(C(=O)OC(C)(C)C)C1. The molecule has 9 nitrogen and oxygen atoms in total. The van der Waals surface area contributed by atoms with E-state index in [-0.39, 0.29) is 18.8 Å². The number of rotatable bonds is 14. The third kappa shape index (κ3) is 11.1. The Balaban J connectivity index is 2.06. The number of ether oxygens (including phenoxy) is 6. The van der Waals surface area contributed by atoms with Gasteiger partial charge in [0.1, 0.15) is 5.60 Å². The Morgan fingerprint density at radius 3 is 2.00 bits per heavy atom. The van der Waals surface area contributed by atoms with Crippen molar-refractivity contribution >= 4 is 6.09 Å². The predicted octanol–water partition coefficient (Wildman–Crippen LogP) is 1.07. The Labute approximate surface area is 168 Å². The predicted molar refractivity (Wildman–Crippen MR) is 103 cm³/mol. The second-order valence-corrected chi connectivity index (χ2v) is 7.53. The summed E-state index contributed by atoms with van der Waals surface area (Å²) >= 11 is 0. The summed E-state index contributed by atoms with van der Waals surface area (Å²) in [5.74, 6) is 0. The lowest BCUT2D eigenvalue weighted by molar-refractivity contribution is -0.0203. The molecule has 1 aliphatic rings. The molecule has 28 heavy (non-hydrogen) atoms. The Bertz CT molecular complexity index is 415. The van der Waals surface area contributed by atoms with Crippen LogP contribution < -0.4 is 0 Å². The number of nitrogens with zero attached hydrogens (tertiary/aromatic N) is 1. The van der Waals surface area contributed by atoms with Gasteiger partial charge in [-0.3, -0.25) is 0 Å². The van der Waals surface area contributed by atoms with Crippen molar-refractivity contribution in [1.29, 1.82) is 0 Å². The second-order valence-electron chi connectivity index (χ2n) is 7.53. The van der Waals surface area contributed by atoms with E-state index < -0.39 is 11.7 Å². The van der Waals surface area contributed by atoms with E-state index in [2.05, 4.69) is 0 Å². The molecule has 0 unspecified atom stereocenters. The lowest BCUT2D eigenvalue weighted by Crippen LogP contribution is -2.41. The van der Waals surface area contributed by atoms with Gasteiger partial charge in [0.05, 0.1) is 78.2 Å².